The van der Waals surface area contributed by atoms with E-state index in [4.69, 9.17) is 0 Å². The molecule has 1 aliphatic rings. The molecule has 1 atom stereocenters. The maximum atomic E-state index is 9.48. The summed E-state index contributed by atoms with van der Waals surface area (Å²) in [7, 11) is 0. The molecule has 1 aliphatic carbocycles. The molecule has 1 aromatic rings. The summed E-state index contributed by atoms with van der Waals surface area (Å²) in [6, 6.07) is 6.10. The number of hydrogen-bond acceptors (Lipinski definition) is 2. The van der Waals surface area contributed by atoms with Gasteiger partial charge in [-0.15, -0.1) is 0 Å². The molecule has 2 N–H and O–H groups in total. The summed E-state index contributed by atoms with van der Waals surface area (Å²) in [6.07, 6.45) is 2.25. The largest absolute Gasteiger partial charge is 0.508 e. The lowest BCUT2D eigenvalue weighted by atomic mass is 10.0. The predicted molar refractivity (Wildman–Crippen MR) is 62.1 cm³/mol. The van der Waals surface area contributed by atoms with Crippen molar-refractivity contribution in [3.05, 3.63) is 29.3 Å². The van der Waals surface area contributed by atoms with Crippen molar-refractivity contribution in [2.45, 2.75) is 45.2 Å². The molecule has 0 radical (unpaired) electrons. The van der Waals surface area contributed by atoms with Crippen LogP contribution in [-0.2, 0) is 6.42 Å². The standard InChI is InChI=1S/C13H19NO/c1-13(2,3)14-12-7-5-9-4-6-10(15)8-11(9)12/h4,6,8,12,14-15H,5,7H2,1-3H3. The van der Waals surface area contributed by atoms with E-state index in [-0.39, 0.29) is 5.54 Å². The highest BCUT2D eigenvalue weighted by Crippen LogP contribution is 2.34. The lowest BCUT2D eigenvalue weighted by Gasteiger charge is -2.26. The molecule has 1 aromatic carbocycles. The molecule has 0 aromatic heterocycles. The number of phenols is 1. The van der Waals surface area contributed by atoms with Gasteiger partial charge in [-0.25, -0.2) is 0 Å². The van der Waals surface area contributed by atoms with Crippen LogP contribution in [0.1, 0.15) is 44.4 Å². The minimum absolute atomic E-state index is 0.123. The molecule has 0 aliphatic heterocycles. The smallest absolute Gasteiger partial charge is 0.115 e. The van der Waals surface area contributed by atoms with Crippen LogP contribution in [0.3, 0.4) is 0 Å². The summed E-state index contributed by atoms with van der Waals surface area (Å²) < 4.78 is 0. The van der Waals surface area contributed by atoms with Gasteiger partial charge in [0.2, 0.25) is 0 Å². The molecule has 1 unspecified atom stereocenters. The van der Waals surface area contributed by atoms with Crippen molar-refractivity contribution < 1.29 is 5.11 Å². The summed E-state index contributed by atoms with van der Waals surface area (Å²) in [5, 5.41) is 13.1. The molecule has 0 heterocycles. The zero-order valence-corrected chi connectivity index (χ0v) is 9.67. The lowest BCUT2D eigenvalue weighted by molar-refractivity contribution is 0.361. The number of fused-ring (bicyclic) bond motifs is 1. The average Bonchev–Trinajstić information content (AvgIpc) is 2.46. The Hall–Kier alpha value is -1.02. The summed E-state index contributed by atoms with van der Waals surface area (Å²) in [5.41, 5.74) is 2.76. The number of aryl methyl sites for hydroxylation is 1. The second-order valence-electron chi connectivity index (χ2n) is 5.37. The van der Waals surface area contributed by atoms with Gasteiger partial charge in [-0.1, -0.05) is 6.07 Å². The molecule has 0 amide bonds. The Morgan fingerprint density at radius 3 is 2.73 bits per heavy atom. The van der Waals surface area contributed by atoms with Crippen molar-refractivity contribution in [3.63, 3.8) is 0 Å². The van der Waals surface area contributed by atoms with E-state index in [2.05, 4.69) is 26.1 Å². The third kappa shape index (κ3) is 2.32. The summed E-state index contributed by atoms with van der Waals surface area (Å²) >= 11 is 0. The van der Waals surface area contributed by atoms with E-state index in [0.29, 0.717) is 11.8 Å². The van der Waals surface area contributed by atoms with Crippen molar-refractivity contribution in [2.75, 3.05) is 0 Å². The maximum absolute atomic E-state index is 9.48. The SMILES string of the molecule is CC(C)(C)NC1CCc2ccc(O)cc21. The van der Waals surface area contributed by atoms with E-state index < -0.39 is 0 Å². The van der Waals surface area contributed by atoms with Gasteiger partial charge in [-0.3, -0.25) is 0 Å². The van der Waals surface area contributed by atoms with Gasteiger partial charge in [0.05, 0.1) is 0 Å². The van der Waals surface area contributed by atoms with E-state index in [1.54, 1.807) is 6.07 Å². The maximum Gasteiger partial charge on any atom is 0.115 e. The predicted octanol–water partition coefficient (Wildman–Crippen LogP) is 2.77. The number of aromatic hydroxyl groups is 1. The Kier molecular flexibility index (Phi) is 2.47. The average molecular weight is 205 g/mol. The van der Waals surface area contributed by atoms with Crippen LogP contribution in [0.25, 0.3) is 0 Å². The second-order valence-corrected chi connectivity index (χ2v) is 5.37. The first-order valence-corrected chi connectivity index (χ1v) is 5.55. The summed E-state index contributed by atoms with van der Waals surface area (Å²) in [4.78, 5) is 0. The Morgan fingerprint density at radius 2 is 2.07 bits per heavy atom. The van der Waals surface area contributed by atoms with E-state index >= 15 is 0 Å². The van der Waals surface area contributed by atoms with Crippen molar-refractivity contribution in [3.8, 4) is 5.75 Å². The Labute approximate surface area is 91.3 Å². The van der Waals surface area contributed by atoms with Crippen LogP contribution in [-0.4, -0.2) is 10.6 Å². The monoisotopic (exact) mass is 205 g/mol. The molecule has 15 heavy (non-hydrogen) atoms. The molecule has 0 saturated carbocycles. The molecular formula is C13H19NO. The van der Waals surface area contributed by atoms with Gasteiger partial charge in [-0.2, -0.15) is 0 Å². The van der Waals surface area contributed by atoms with Gasteiger partial charge in [0.1, 0.15) is 5.75 Å². The highest BCUT2D eigenvalue weighted by Gasteiger charge is 2.25. The van der Waals surface area contributed by atoms with E-state index in [1.807, 2.05) is 12.1 Å². The Balaban J connectivity index is 2.24. The third-order valence-corrected chi connectivity index (χ3v) is 2.81. The number of benzene rings is 1. The zero-order valence-electron chi connectivity index (χ0n) is 9.67. The fourth-order valence-electron chi connectivity index (χ4n) is 2.26. The third-order valence-electron chi connectivity index (χ3n) is 2.81. The molecule has 2 heteroatoms. The van der Waals surface area contributed by atoms with E-state index in [9.17, 15) is 5.11 Å². The topological polar surface area (TPSA) is 32.3 Å². The first kappa shape index (κ1) is 10.5. The van der Waals surface area contributed by atoms with Gasteiger partial charge in [0.25, 0.3) is 0 Å². The molecule has 82 valence electrons. The minimum atomic E-state index is 0.123. The fourth-order valence-corrected chi connectivity index (χ4v) is 2.26. The highest BCUT2D eigenvalue weighted by atomic mass is 16.3. The Morgan fingerprint density at radius 1 is 1.33 bits per heavy atom. The molecule has 0 spiro atoms. The van der Waals surface area contributed by atoms with Crippen molar-refractivity contribution in [1.29, 1.82) is 0 Å². The number of phenolic OH excluding ortho intramolecular Hbond substituents is 1. The van der Waals surface area contributed by atoms with Gasteiger partial charge in [-0.05, 0) is 56.9 Å². The minimum Gasteiger partial charge on any atom is -0.508 e. The van der Waals surface area contributed by atoms with Crippen molar-refractivity contribution in [1.82, 2.24) is 5.32 Å². The highest BCUT2D eigenvalue weighted by molar-refractivity contribution is 5.40. The van der Waals surface area contributed by atoms with Crippen LogP contribution < -0.4 is 5.32 Å². The van der Waals surface area contributed by atoms with Crippen LogP contribution in [0.5, 0.6) is 5.75 Å². The van der Waals surface area contributed by atoms with Crippen LogP contribution in [0.2, 0.25) is 0 Å². The first-order chi connectivity index (χ1) is 6.96. The van der Waals surface area contributed by atoms with Gasteiger partial charge >= 0.3 is 0 Å². The van der Waals surface area contributed by atoms with Crippen LogP contribution >= 0.6 is 0 Å². The molecule has 0 bridgehead atoms. The summed E-state index contributed by atoms with van der Waals surface area (Å²) in [6.45, 7) is 6.52. The lowest BCUT2D eigenvalue weighted by Crippen LogP contribution is -2.37. The molecule has 0 fully saturated rings. The normalized spacial score (nSPS) is 20.3. The van der Waals surface area contributed by atoms with Crippen LogP contribution in [0.4, 0.5) is 0 Å². The number of nitrogens with one attached hydrogen (secondary N) is 1. The zero-order chi connectivity index (χ0) is 11.1. The first-order valence-electron chi connectivity index (χ1n) is 5.55. The van der Waals surface area contributed by atoms with Gasteiger partial charge in [0, 0.05) is 11.6 Å². The van der Waals surface area contributed by atoms with Gasteiger partial charge in [0.15, 0.2) is 0 Å². The fraction of sp³-hybridized carbons (Fsp3) is 0.538. The van der Waals surface area contributed by atoms with E-state index in [0.717, 1.165) is 12.8 Å². The second kappa shape index (κ2) is 3.53. The molecule has 2 nitrogen and oxygen atoms in total. The van der Waals surface area contributed by atoms with Crippen LogP contribution in [0.15, 0.2) is 18.2 Å². The van der Waals surface area contributed by atoms with Crippen molar-refractivity contribution >= 4 is 0 Å². The quantitative estimate of drug-likeness (QED) is 0.739. The van der Waals surface area contributed by atoms with E-state index in [1.165, 1.54) is 11.1 Å². The van der Waals surface area contributed by atoms with Crippen molar-refractivity contribution in [2.24, 2.45) is 0 Å². The molecule has 0 saturated heterocycles. The van der Waals surface area contributed by atoms with Crippen LogP contribution in [0, 0.1) is 0 Å². The Bertz CT molecular complexity index is 365. The molecule has 2 rings (SSSR count). The number of hydrogen-bond donors (Lipinski definition) is 2. The summed E-state index contributed by atoms with van der Waals surface area (Å²) in [5.74, 6) is 0.372. The van der Waals surface area contributed by atoms with Gasteiger partial charge < -0.3 is 10.4 Å². The number of rotatable bonds is 1. The molecular weight excluding hydrogens is 186 g/mol.